The van der Waals surface area contributed by atoms with E-state index in [2.05, 4.69) is 29.2 Å². The Balaban J connectivity index is 2.32. The van der Waals surface area contributed by atoms with E-state index in [9.17, 15) is 9.59 Å². The molecular formula is C13H18N4O2. The van der Waals surface area contributed by atoms with Gasteiger partial charge in [-0.1, -0.05) is 20.8 Å². The first-order chi connectivity index (χ1) is 9.04. The van der Waals surface area contributed by atoms with Crippen LogP contribution >= 0.6 is 0 Å². The lowest BCUT2D eigenvalue weighted by atomic mass is 10.0. The van der Waals surface area contributed by atoms with Crippen molar-refractivity contribution in [3.8, 4) is 0 Å². The number of aromatic nitrogens is 3. The van der Waals surface area contributed by atoms with E-state index in [-0.39, 0.29) is 17.5 Å². The summed E-state index contributed by atoms with van der Waals surface area (Å²) in [4.78, 5) is 27.9. The van der Waals surface area contributed by atoms with Crippen molar-refractivity contribution < 1.29 is 4.79 Å². The first kappa shape index (κ1) is 13.3. The van der Waals surface area contributed by atoms with Crippen molar-refractivity contribution in [2.75, 3.05) is 0 Å². The Morgan fingerprint density at radius 2 is 2.26 bits per heavy atom. The van der Waals surface area contributed by atoms with Crippen molar-refractivity contribution in [2.24, 2.45) is 5.92 Å². The maximum Gasteiger partial charge on any atom is 0.272 e. The van der Waals surface area contributed by atoms with Crippen molar-refractivity contribution in [1.29, 1.82) is 0 Å². The Hall–Kier alpha value is -2.11. The van der Waals surface area contributed by atoms with E-state index >= 15 is 0 Å². The van der Waals surface area contributed by atoms with Crippen LogP contribution in [0.1, 0.15) is 37.6 Å². The van der Waals surface area contributed by atoms with Crippen molar-refractivity contribution in [3.63, 3.8) is 0 Å². The number of hydrogen-bond donors (Lipinski definition) is 2. The van der Waals surface area contributed by atoms with Gasteiger partial charge in [0.05, 0.1) is 0 Å². The van der Waals surface area contributed by atoms with Crippen LogP contribution in [0.4, 0.5) is 0 Å². The summed E-state index contributed by atoms with van der Waals surface area (Å²) in [5, 5.41) is 5.70. The molecule has 2 N–H and O–H groups in total. The van der Waals surface area contributed by atoms with Crippen molar-refractivity contribution >= 4 is 11.6 Å². The van der Waals surface area contributed by atoms with Crippen LogP contribution < -0.4 is 10.9 Å². The highest BCUT2D eigenvalue weighted by Gasteiger charge is 2.18. The molecule has 2 heterocycles. The monoisotopic (exact) mass is 262 g/mol. The summed E-state index contributed by atoms with van der Waals surface area (Å²) in [6.45, 7) is 6.15. The normalized spacial score (nSPS) is 12.8. The summed E-state index contributed by atoms with van der Waals surface area (Å²) in [5.74, 6) is 0.146. The number of H-pyrrole nitrogens is 1. The zero-order valence-electron chi connectivity index (χ0n) is 11.3. The topological polar surface area (TPSA) is 79.3 Å². The summed E-state index contributed by atoms with van der Waals surface area (Å²) in [7, 11) is 0. The molecule has 6 heteroatoms. The molecule has 6 nitrogen and oxygen atoms in total. The molecule has 0 aliphatic carbocycles. The predicted molar refractivity (Wildman–Crippen MR) is 72.2 cm³/mol. The molecule has 0 bridgehead atoms. The number of aromatic amines is 1. The molecule has 2 rings (SSSR count). The smallest absolute Gasteiger partial charge is 0.272 e. The van der Waals surface area contributed by atoms with Gasteiger partial charge in [-0.2, -0.15) is 0 Å². The fourth-order valence-electron chi connectivity index (χ4n) is 2.07. The minimum atomic E-state index is -0.236. The van der Waals surface area contributed by atoms with Crippen molar-refractivity contribution in [2.45, 2.75) is 33.2 Å². The molecular weight excluding hydrogens is 244 g/mol. The molecule has 0 aliphatic rings. The lowest BCUT2D eigenvalue weighted by Gasteiger charge is -2.20. The summed E-state index contributed by atoms with van der Waals surface area (Å²) < 4.78 is 1.26. The Bertz CT molecular complexity index is 641. The zero-order chi connectivity index (χ0) is 14.0. The van der Waals surface area contributed by atoms with Gasteiger partial charge in [0.25, 0.3) is 11.5 Å². The van der Waals surface area contributed by atoms with Crippen LogP contribution in [0.15, 0.2) is 23.3 Å². The summed E-state index contributed by atoms with van der Waals surface area (Å²) >= 11 is 0. The Kier molecular flexibility index (Phi) is 3.69. The van der Waals surface area contributed by atoms with Crippen LogP contribution in [0.2, 0.25) is 0 Å². The zero-order valence-corrected chi connectivity index (χ0v) is 11.3. The van der Waals surface area contributed by atoms with Gasteiger partial charge in [0.15, 0.2) is 5.65 Å². The van der Waals surface area contributed by atoms with Gasteiger partial charge in [0, 0.05) is 24.5 Å². The molecule has 0 radical (unpaired) electrons. The minimum absolute atomic E-state index is 0.109. The first-order valence-corrected chi connectivity index (χ1v) is 6.40. The van der Waals surface area contributed by atoms with Crippen molar-refractivity contribution in [1.82, 2.24) is 19.9 Å². The molecule has 19 heavy (non-hydrogen) atoms. The molecule has 0 spiro atoms. The molecule has 0 saturated carbocycles. The third kappa shape index (κ3) is 2.52. The van der Waals surface area contributed by atoms with Gasteiger partial charge < -0.3 is 5.32 Å². The van der Waals surface area contributed by atoms with E-state index in [0.717, 1.165) is 6.42 Å². The Labute approximate surface area is 110 Å². The van der Waals surface area contributed by atoms with Gasteiger partial charge in [0.1, 0.15) is 5.56 Å². The molecule has 0 saturated heterocycles. The third-order valence-electron chi connectivity index (χ3n) is 3.23. The van der Waals surface area contributed by atoms with E-state index in [1.807, 2.05) is 6.92 Å². The number of rotatable bonds is 4. The average molecular weight is 262 g/mol. The Morgan fingerprint density at radius 1 is 1.53 bits per heavy atom. The number of nitrogens with one attached hydrogen (secondary N) is 2. The average Bonchev–Trinajstić information content (AvgIpc) is 2.80. The maximum atomic E-state index is 12.2. The highest BCUT2D eigenvalue weighted by atomic mass is 16.2. The second kappa shape index (κ2) is 5.26. The van der Waals surface area contributed by atoms with Gasteiger partial charge in [-0.05, 0) is 12.3 Å². The summed E-state index contributed by atoms with van der Waals surface area (Å²) in [6, 6.07) is 1.45. The van der Waals surface area contributed by atoms with Crippen LogP contribution in [0, 0.1) is 5.92 Å². The first-order valence-electron chi connectivity index (χ1n) is 6.40. The quantitative estimate of drug-likeness (QED) is 0.868. The molecule has 1 unspecified atom stereocenters. The number of fused-ring (bicyclic) bond motifs is 1. The molecule has 1 atom stereocenters. The molecule has 2 aromatic rings. The molecule has 1 amide bonds. The number of hydrogen-bond acceptors (Lipinski definition) is 3. The standard InChI is InChI=1S/C13H18N4O2/c1-4-10(8(2)3)16-13(19)9-7-15-17-11(18)5-6-14-12(9)17/h5-8,10,15H,4H2,1-3H3,(H,16,19). The van der Waals surface area contributed by atoms with Crippen LogP contribution in [0.5, 0.6) is 0 Å². The maximum absolute atomic E-state index is 12.2. The largest absolute Gasteiger partial charge is 0.349 e. The van der Waals surface area contributed by atoms with E-state index in [1.54, 1.807) is 0 Å². The van der Waals surface area contributed by atoms with Gasteiger partial charge in [-0.15, -0.1) is 0 Å². The molecule has 102 valence electrons. The van der Waals surface area contributed by atoms with Gasteiger partial charge in [0.2, 0.25) is 0 Å². The van der Waals surface area contributed by atoms with Crippen LogP contribution in [-0.4, -0.2) is 26.5 Å². The second-order valence-corrected chi connectivity index (χ2v) is 4.86. The lowest BCUT2D eigenvalue weighted by molar-refractivity contribution is 0.0926. The minimum Gasteiger partial charge on any atom is -0.349 e. The molecule has 0 fully saturated rings. The number of carbonyl (C=O) groups is 1. The van der Waals surface area contributed by atoms with E-state index in [1.165, 1.54) is 23.0 Å². The summed E-state index contributed by atoms with van der Waals surface area (Å²) in [6.07, 6.45) is 3.77. The highest BCUT2D eigenvalue weighted by Crippen LogP contribution is 2.09. The van der Waals surface area contributed by atoms with Gasteiger partial charge >= 0.3 is 0 Å². The molecule has 0 aromatic carbocycles. The van der Waals surface area contributed by atoms with E-state index in [0.29, 0.717) is 17.1 Å². The number of carbonyl (C=O) groups excluding carboxylic acids is 1. The van der Waals surface area contributed by atoms with Gasteiger partial charge in [-0.3, -0.25) is 14.7 Å². The third-order valence-corrected chi connectivity index (χ3v) is 3.23. The molecule has 0 aliphatic heterocycles. The fraction of sp³-hybridized carbons (Fsp3) is 0.462. The SMILES string of the molecule is CCC(NC(=O)c1c[nH]n2c(=O)ccnc12)C(C)C. The van der Waals surface area contributed by atoms with Crippen LogP contribution in [0.25, 0.3) is 5.65 Å². The van der Waals surface area contributed by atoms with Gasteiger partial charge in [-0.25, -0.2) is 9.50 Å². The van der Waals surface area contributed by atoms with Crippen LogP contribution in [-0.2, 0) is 0 Å². The number of nitrogens with zero attached hydrogens (tertiary/aromatic N) is 2. The summed E-state index contributed by atoms with van der Waals surface area (Å²) in [5.41, 5.74) is 0.500. The lowest BCUT2D eigenvalue weighted by Crippen LogP contribution is -2.38. The van der Waals surface area contributed by atoms with Crippen molar-refractivity contribution in [3.05, 3.63) is 34.4 Å². The fourth-order valence-corrected chi connectivity index (χ4v) is 2.07. The second-order valence-electron chi connectivity index (χ2n) is 4.86. The Morgan fingerprint density at radius 3 is 2.89 bits per heavy atom. The van der Waals surface area contributed by atoms with E-state index in [4.69, 9.17) is 0 Å². The van der Waals surface area contributed by atoms with Crippen LogP contribution in [0.3, 0.4) is 0 Å². The molecule has 2 aromatic heterocycles. The highest BCUT2D eigenvalue weighted by molar-refractivity contribution is 5.99. The number of amides is 1. The van der Waals surface area contributed by atoms with E-state index < -0.39 is 0 Å². The predicted octanol–water partition coefficient (Wildman–Crippen LogP) is 1.19.